The molecule has 3 rings (SSSR count). The number of carbonyl (C=O) groups is 5. The summed E-state index contributed by atoms with van der Waals surface area (Å²) in [6.07, 6.45) is -0.0598. The number of fused-ring (bicyclic) bond motifs is 1. The third-order valence-corrected chi connectivity index (χ3v) is 4.57. The molecule has 148 valence electrons. The number of amides is 4. The molecule has 1 aromatic carbocycles. The average Bonchev–Trinajstić information content (AvgIpc) is 2.87. The minimum Gasteiger partial charge on any atom is -0.443 e. The van der Waals surface area contributed by atoms with Crippen LogP contribution >= 0.6 is 0 Å². The van der Waals surface area contributed by atoms with E-state index in [0.717, 1.165) is 9.80 Å². The van der Waals surface area contributed by atoms with Crippen molar-refractivity contribution in [2.24, 2.45) is 0 Å². The van der Waals surface area contributed by atoms with Crippen molar-refractivity contribution in [2.45, 2.75) is 18.9 Å². The highest BCUT2D eigenvalue weighted by molar-refractivity contribution is 6.25. The number of imide groups is 2. The lowest BCUT2D eigenvalue weighted by molar-refractivity contribution is -0.164. The first kappa shape index (κ1) is 19.5. The summed E-state index contributed by atoms with van der Waals surface area (Å²) < 4.78 is 4.97. The summed E-state index contributed by atoms with van der Waals surface area (Å²) in [5.41, 5.74) is 6.14. The number of piperidine rings is 1. The molecule has 0 aliphatic carbocycles. The molecule has 28 heavy (non-hydrogen) atoms. The Bertz CT molecular complexity index is 881. The molecular weight excluding hydrogens is 368 g/mol. The summed E-state index contributed by atoms with van der Waals surface area (Å²) in [6.45, 7) is -0.580. The van der Waals surface area contributed by atoms with Crippen molar-refractivity contribution in [3.8, 4) is 0 Å². The van der Waals surface area contributed by atoms with Gasteiger partial charge in [0.1, 0.15) is 6.04 Å². The second-order valence-corrected chi connectivity index (χ2v) is 6.85. The Morgan fingerprint density at radius 2 is 1.93 bits per heavy atom. The van der Waals surface area contributed by atoms with Crippen molar-refractivity contribution in [1.29, 1.82) is 0 Å². The number of carbonyl (C=O) groups excluding carboxylic acids is 5. The minimum atomic E-state index is -1.16. The first-order chi connectivity index (χ1) is 13.2. The highest BCUT2D eigenvalue weighted by atomic mass is 16.5. The van der Waals surface area contributed by atoms with E-state index in [9.17, 15) is 24.0 Å². The van der Waals surface area contributed by atoms with Gasteiger partial charge in [-0.15, -0.1) is 0 Å². The van der Waals surface area contributed by atoms with Crippen LogP contribution in [0.1, 0.15) is 33.6 Å². The molecule has 2 N–H and O–H groups in total. The van der Waals surface area contributed by atoms with Gasteiger partial charge in [-0.3, -0.25) is 33.8 Å². The summed E-state index contributed by atoms with van der Waals surface area (Å²) in [6, 6.07) is 3.35. The number of benzene rings is 1. The Morgan fingerprint density at radius 1 is 1.21 bits per heavy atom. The van der Waals surface area contributed by atoms with E-state index >= 15 is 0 Å². The van der Waals surface area contributed by atoms with Gasteiger partial charge in [0.25, 0.3) is 17.7 Å². The van der Waals surface area contributed by atoms with Crippen molar-refractivity contribution in [3.63, 3.8) is 0 Å². The zero-order valence-corrected chi connectivity index (χ0v) is 15.5. The Labute approximate surface area is 160 Å². The van der Waals surface area contributed by atoms with Crippen molar-refractivity contribution < 1.29 is 28.7 Å². The van der Waals surface area contributed by atoms with Crippen LogP contribution in [0.3, 0.4) is 0 Å². The fraction of sp³-hybridized carbons (Fsp3) is 0.389. The second kappa shape index (κ2) is 7.39. The number of ether oxygens (including phenoxy) is 1. The Kier molecular flexibility index (Phi) is 5.14. The molecule has 2 heterocycles. The SMILES string of the molecule is CN(C)CC(=O)OCN1C(=O)CCC(N2C(=O)c3cccc(N)c3C2=O)C1=O. The lowest BCUT2D eigenvalue weighted by Crippen LogP contribution is -2.56. The molecule has 2 aliphatic heterocycles. The zero-order valence-electron chi connectivity index (χ0n) is 15.5. The van der Waals surface area contributed by atoms with E-state index in [1.165, 1.54) is 12.1 Å². The molecule has 1 atom stereocenters. The zero-order chi connectivity index (χ0) is 20.6. The summed E-state index contributed by atoms with van der Waals surface area (Å²) in [5.74, 6) is -3.21. The van der Waals surface area contributed by atoms with Crippen molar-refractivity contribution in [2.75, 3.05) is 33.1 Å². The number of nitrogens with two attached hydrogens (primary N) is 1. The summed E-state index contributed by atoms with van der Waals surface area (Å²) >= 11 is 0. The maximum atomic E-state index is 12.8. The standard InChI is InChI=1S/C18H20N4O6/c1-20(2)8-14(24)28-9-21-13(23)7-6-12(17(21)26)22-16(25)10-4-3-5-11(19)15(10)18(22)27/h3-5,12H,6-9,19H2,1-2H3. The number of hydrogen-bond donors (Lipinski definition) is 1. The first-order valence-electron chi connectivity index (χ1n) is 8.63. The van der Waals surface area contributed by atoms with Crippen LogP contribution < -0.4 is 5.73 Å². The van der Waals surface area contributed by atoms with Gasteiger partial charge < -0.3 is 10.5 Å². The fourth-order valence-electron chi connectivity index (χ4n) is 3.25. The topological polar surface area (TPSA) is 130 Å². The van der Waals surface area contributed by atoms with Gasteiger partial charge in [0.05, 0.1) is 17.7 Å². The number of likely N-dealkylation sites (N-methyl/N-ethyl adjacent to an activating group) is 1. The molecule has 0 bridgehead atoms. The number of nitrogens with zero attached hydrogens (tertiary/aromatic N) is 3. The molecule has 0 radical (unpaired) electrons. The van der Waals surface area contributed by atoms with Gasteiger partial charge in [-0.25, -0.2) is 4.90 Å². The van der Waals surface area contributed by atoms with Crippen LogP contribution in [-0.4, -0.2) is 77.7 Å². The maximum absolute atomic E-state index is 12.8. The average molecular weight is 388 g/mol. The largest absolute Gasteiger partial charge is 0.443 e. The smallest absolute Gasteiger partial charge is 0.321 e. The number of esters is 1. The van der Waals surface area contributed by atoms with Crippen LogP contribution in [0.15, 0.2) is 18.2 Å². The lowest BCUT2D eigenvalue weighted by Gasteiger charge is -2.34. The molecule has 1 saturated heterocycles. The number of nitrogen functional groups attached to an aromatic ring is 1. The summed E-state index contributed by atoms with van der Waals surface area (Å²) in [5, 5.41) is 0. The normalized spacial score (nSPS) is 19.5. The maximum Gasteiger partial charge on any atom is 0.321 e. The Balaban J connectivity index is 1.78. The molecule has 1 aromatic rings. The van der Waals surface area contributed by atoms with Crippen LogP contribution in [0.4, 0.5) is 5.69 Å². The molecular formula is C18H20N4O6. The second-order valence-electron chi connectivity index (χ2n) is 6.85. The van der Waals surface area contributed by atoms with E-state index in [-0.39, 0.29) is 36.2 Å². The van der Waals surface area contributed by atoms with Gasteiger partial charge in [0, 0.05) is 12.1 Å². The van der Waals surface area contributed by atoms with Crippen molar-refractivity contribution in [1.82, 2.24) is 14.7 Å². The summed E-state index contributed by atoms with van der Waals surface area (Å²) in [7, 11) is 3.34. The van der Waals surface area contributed by atoms with E-state index in [2.05, 4.69) is 0 Å². The van der Waals surface area contributed by atoms with Gasteiger partial charge in [0.2, 0.25) is 5.91 Å². The number of rotatable bonds is 5. The first-order valence-corrected chi connectivity index (χ1v) is 8.63. The highest BCUT2D eigenvalue weighted by Gasteiger charge is 2.47. The Hall–Kier alpha value is -3.27. The van der Waals surface area contributed by atoms with E-state index in [0.29, 0.717) is 0 Å². The molecule has 10 heteroatoms. The monoisotopic (exact) mass is 388 g/mol. The third kappa shape index (κ3) is 3.33. The van der Waals surface area contributed by atoms with E-state index in [1.54, 1.807) is 25.1 Å². The van der Waals surface area contributed by atoms with Crippen LogP contribution in [0, 0.1) is 0 Å². The van der Waals surface area contributed by atoms with E-state index in [4.69, 9.17) is 10.5 Å². The molecule has 1 unspecified atom stereocenters. The quantitative estimate of drug-likeness (QED) is 0.404. The number of hydrogen-bond acceptors (Lipinski definition) is 8. The number of anilines is 1. The van der Waals surface area contributed by atoms with E-state index < -0.39 is 42.4 Å². The molecule has 0 saturated carbocycles. The molecule has 4 amide bonds. The van der Waals surface area contributed by atoms with Gasteiger partial charge in [-0.1, -0.05) is 6.07 Å². The van der Waals surface area contributed by atoms with Gasteiger partial charge >= 0.3 is 5.97 Å². The van der Waals surface area contributed by atoms with Crippen LogP contribution in [0.5, 0.6) is 0 Å². The number of likely N-dealkylation sites (tertiary alicyclic amines) is 1. The Morgan fingerprint density at radius 3 is 2.57 bits per heavy atom. The predicted octanol–water partition coefficient (Wildman–Crippen LogP) is -0.555. The van der Waals surface area contributed by atoms with Crippen LogP contribution in [0.25, 0.3) is 0 Å². The molecule has 10 nitrogen and oxygen atoms in total. The minimum absolute atomic E-state index is 0.00514. The van der Waals surface area contributed by atoms with Crippen LogP contribution in [-0.2, 0) is 19.1 Å². The van der Waals surface area contributed by atoms with Crippen molar-refractivity contribution in [3.05, 3.63) is 29.3 Å². The predicted molar refractivity (Wildman–Crippen MR) is 95.7 cm³/mol. The molecule has 2 aliphatic rings. The lowest BCUT2D eigenvalue weighted by atomic mass is 10.0. The highest BCUT2D eigenvalue weighted by Crippen LogP contribution is 2.31. The molecule has 0 aromatic heterocycles. The van der Waals surface area contributed by atoms with E-state index in [1.807, 2.05) is 0 Å². The fourth-order valence-corrected chi connectivity index (χ4v) is 3.25. The van der Waals surface area contributed by atoms with Crippen LogP contribution in [0.2, 0.25) is 0 Å². The van der Waals surface area contributed by atoms with Gasteiger partial charge in [-0.2, -0.15) is 0 Å². The molecule has 1 fully saturated rings. The van der Waals surface area contributed by atoms with Gasteiger partial charge in [0.15, 0.2) is 6.73 Å². The van der Waals surface area contributed by atoms with Gasteiger partial charge in [-0.05, 0) is 32.6 Å². The van der Waals surface area contributed by atoms with Crippen molar-refractivity contribution >= 4 is 35.3 Å². The summed E-state index contributed by atoms with van der Waals surface area (Å²) in [4.78, 5) is 65.2. The molecule has 0 spiro atoms. The third-order valence-electron chi connectivity index (χ3n) is 4.57.